The molecule has 32 heavy (non-hydrogen) atoms. The van der Waals surface area contributed by atoms with Gasteiger partial charge in [-0.05, 0) is 44.0 Å². The Bertz CT molecular complexity index is 1170. The van der Waals surface area contributed by atoms with E-state index in [1.54, 1.807) is 22.8 Å². The second-order valence-electron chi connectivity index (χ2n) is 8.39. The molecule has 0 saturated carbocycles. The van der Waals surface area contributed by atoms with E-state index in [1.807, 2.05) is 32.0 Å². The first-order valence-corrected chi connectivity index (χ1v) is 12.2. The number of hydrogen-bond acceptors (Lipinski definition) is 5. The second kappa shape index (κ2) is 10.1. The summed E-state index contributed by atoms with van der Waals surface area (Å²) in [5, 5.41) is 4.73. The molecular formula is C24H27ClN4O2S. The number of nitrogens with zero attached hydrogens (tertiary/aromatic N) is 3. The molecule has 1 aliphatic heterocycles. The molecular weight excluding hydrogens is 444 g/mol. The summed E-state index contributed by atoms with van der Waals surface area (Å²) in [7, 11) is 0. The molecule has 168 valence electrons. The fourth-order valence-corrected chi connectivity index (χ4v) is 5.15. The lowest BCUT2D eigenvalue weighted by Crippen LogP contribution is -2.38. The first-order chi connectivity index (χ1) is 15.4. The summed E-state index contributed by atoms with van der Waals surface area (Å²) < 4.78 is 1.64. The summed E-state index contributed by atoms with van der Waals surface area (Å²) in [5.74, 6) is 0.165. The van der Waals surface area contributed by atoms with E-state index in [4.69, 9.17) is 11.6 Å². The van der Waals surface area contributed by atoms with Gasteiger partial charge in [0.05, 0.1) is 16.7 Å². The summed E-state index contributed by atoms with van der Waals surface area (Å²) >= 11 is 7.38. The van der Waals surface area contributed by atoms with Gasteiger partial charge < -0.3 is 5.32 Å². The number of carbonyl (C=O) groups is 1. The number of aromatic nitrogens is 2. The highest BCUT2D eigenvalue weighted by atomic mass is 35.5. The van der Waals surface area contributed by atoms with Crippen molar-refractivity contribution in [3.05, 3.63) is 69.5 Å². The molecule has 0 aliphatic carbocycles. The Morgan fingerprint density at radius 2 is 2.03 bits per heavy atom. The van der Waals surface area contributed by atoms with Gasteiger partial charge in [0.2, 0.25) is 5.91 Å². The molecule has 1 unspecified atom stereocenters. The number of benzene rings is 2. The van der Waals surface area contributed by atoms with E-state index in [0.29, 0.717) is 21.1 Å². The predicted molar refractivity (Wildman–Crippen MR) is 130 cm³/mol. The van der Waals surface area contributed by atoms with Gasteiger partial charge in [-0.15, -0.1) is 0 Å². The largest absolute Gasteiger partial charge is 0.351 e. The van der Waals surface area contributed by atoms with E-state index < -0.39 is 0 Å². The molecule has 8 heteroatoms. The number of thioether (sulfide) groups is 1. The van der Waals surface area contributed by atoms with Crippen molar-refractivity contribution >= 4 is 40.2 Å². The first-order valence-electron chi connectivity index (χ1n) is 10.8. The smallest absolute Gasteiger partial charge is 0.262 e. The van der Waals surface area contributed by atoms with Crippen LogP contribution in [0, 0.1) is 0 Å². The minimum Gasteiger partial charge on any atom is -0.351 e. The van der Waals surface area contributed by atoms with E-state index in [-0.39, 0.29) is 29.3 Å². The Balaban J connectivity index is 1.39. The molecule has 2 heterocycles. The standard InChI is InChI=1S/C24H27ClN4O2S/c1-16(2)29-23(31)20-9-8-18(25)12-21(20)27-24(29)32-15-22(30)26-19-10-11-28(14-19)13-17-6-4-3-5-7-17/h3-9,12,16,19H,10-11,13-15H2,1-2H3,(H,26,30). The van der Waals surface area contributed by atoms with E-state index >= 15 is 0 Å². The molecule has 0 spiro atoms. The van der Waals surface area contributed by atoms with Gasteiger partial charge >= 0.3 is 0 Å². The minimum absolute atomic E-state index is 0.0442. The van der Waals surface area contributed by atoms with Gasteiger partial charge in [0.1, 0.15) is 0 Å². The van der Waals surface area contributed by atoms with Gasteiger partial charge in [0.15, 0.2) is 5.16 Å². The third-order valence-corrected chi connectivity index (χ3v) is 6.75. The zero-order valence-corrected chi connectivity index (χ0v) is 19.8. The van der Waals surface area contributed by atoms with Crippen molar-refractivity contribution in [3.63, 3.8) is 0 Å². The zero-order valence-electron chi connectivity index (χ0n) is 18.3. The SMILES string of the molecule is CC(C)n1c(SCC(=O)NC2CCN(Cc3ccccc3)C2)nc2cc(Cl)ccc2c1=O. The highest BCUT2D eigenvalue weighted by molar-refractivity contribution is 7.99. The van der Waals surface area contributed by atoms with Crippen molar-refractivity contribution in [2.75, 3.05) is 18.8 Å². The van der Waals surface area contributed by atoms with Gasteiger partial charge in [-0.3, -0.25) is 19.1 Å². The molecule has 1 aliphatic rings. The lowest BCUT2D eigenvalue weighted by atomic mass is 10.2. The van der Waals surface area contributed by atoms with E-state index in [2.05, 4.69) is 27.3 Å². The molecule has 1 amide bonds. The molecule has 3 aromatic rings. The molecule has 2 aromatic carbocycles. The van der Waals surface area contributed by atoms with E-state index in [0.717, 1.165) is 26.1 Å². The van der Waals surface area contributed by atoms with Crippen LogP contribution in [0.15, 0.2) is 58.5 Å². The monoisotopic (exact) mass is 470 g/mol. The Morgan fingerprint density at radius 1 is 1.25 bits per heavy atom. The van der Waals surface area contributed by atoms with Crippen LogP contribution < -0.4 is 10.9 Å². The topological polar surface area (TPSA) is 67.2 Å². The van der Waals surface area contributed by atoms with Crippen LogP contribution in [-0.2, 0) is 11.3 Å². The number of rotatable bonds is 7. The van der Waals surface area contributed by atoms with Crippen LogP contribution in [0.4, 0.5) is 0 Å². The molecule has 1 N–H and O–H groups in total. The Kier molecular flexibility index (Phi) is 7.18. The van der Waals surface area contributed by atoms with Crippen LogP contribution in [0.3, 0.4) is 0 Å². The van der Waals surface area contributed by atoms with Gasteiger partial charge in [-0.2, -0.15) is 0 Å². The number of hydrogen-bond donors (Lipinski definition) is 1. The van der Waals surface area contributed by atoms with Crippen molar-refractivity contribution in [1.82, 2.24) is 19.8 Å². The quantitative estimate of drug-likeness (QED) is 0.415. The van der Waals surface area contributed by atoms with E-state index in [9.17, 15) is 9.59 Å². The fourth-order valence-electron chi connectivity index (χ4n) is 4.04. The van der Waals surface area contributed by atoms with Gasteiger partial charge in [0, 0.05) is 36.7 Å². The van der Waals surface area contributed by atoms with Crippen LogP contribution in [0.2, 0.25) is 5.02 Å². The lowest BCUT2D eigenvalue weighted by Gasteiger charge is -2.18. The maximum Gasteiger partial charge on any atom is 0.262 e. The van der Waals surface area contributed by atoms with Crippen molar-refractivity contribution in [3.8, 4) is 0 Å². The molecule has 6 nitrogen and oxygen atoms in total. The third-order valence-electron chi connectivity index (χ3n) is 5.57. The summed E-state index contributed by atoms with van der Waals surface area (Å²) in [4.78, 5) is 32.6. The lowest BCUT2D eigenvalue weighted by molar-refractivity contribution is -0.119. The summed E-state index contributed by atoms with van der Waals surface area (Å²) in [5.41, 5.74) is 1.72. The highest BCUT2D eigenvalue weighted by Crippen LogP contribution is 2.23. The molecule has 4 rings (SSSR count). The van der Waals surface area contributed by atoms with E-state index in [1.165, 1.54) is 17.3 Å². The van der Waals surface area contributed by atoms with Gasteiger partial charge in [0.25, 0.3) is 5.56 Å². The van der Waals surface area contributed by atoms with Crippen molar-refractivity contribution in [2.45, 2.75) is 44.1 Å². The van der Waals surface area contributed by atoms with Crippen LogP contribution in [0.5, 0.6) is 0 Å². The van der Waals surface area contributed by atoms with Crippen LogP contribution in [-0.4, -0.2) is 45.2 Å². The van der Waals surface area contributed by atoms with Crippen LogP contribution in [0.1, 0.15) is 31.9 Å². The molecule has 1 fully saturated rings. The molecule has 1 atom stereocenters. The first kappa shape index (κ1) is 22.8. The Morgan fingerprint density at radius 3 is 2.78 bits per heavy atom. The maximum atomic E-state index is 13.0. The summed E-state index contributed by atoms with van der Waals surface area (Å²) in [6, 6.07) is 15.5. The normalized spacial score (nSPS) is 16.7. The Hall–Kier alpha value is -2.35. The second-order valence-corrected chi connectivity index (χ2v) is 9.77. The number of likely N-dealkylation sites (tertiary alicyclic amines) is 1. The molecule has 0 radical (unpaired) electrons. The molecule has 0 bridgehead atoms. The maximum absolute atomic E-state index is 13.0. The van der Waals surface area contributed by atoms with Gasteiger partial charge in [-0.25, -0.2) is 4.98 Å². The number of amides is 1. The summed E-state index contributed by atoms with van der Waals surface area (Å²) in [6.07, 6.45) is 0.937. The fraction of sp³-hybridized carbons (Fsp3) is 0.375. The number of fused-ring (bicyclic) bond motifs is 1. The number of nitrogens with one attached hydrogen (secondary N) is 1. The molecule has 1 aromatic heterocycles. The van der Waals surface area contributed by atoms with Crippen LogP contribution >= 0.6 is 23.4 Å². The Labute approximate surface area is 197 Å². The highest BCUT2D eigenvalue weighted by Gasteiger charge is 2.24. The predicted octanol–water partition coefficient (Wildman–Crippen LogP) is 4.11. The van der Waals surface area contributed by atoms with Crippen molar-refractivity contribution < 1.29 is 4.79 Å². The average molecular weight is 471 g/mol. The zero-order chi connectivity index (χ0) is 22.7. The minimum atomic E-state index is -0.114. The van der Waals surface area contributed by atoms with Gasteiger partial charge in [-0.1, -0.05) is 53.7 Å². The molecule has 1 saturated heterocycles. The van der Waals surface area contributed by atoms with Crippen LogP contribution in [0.25, 0.3) is 10.9 Å². The average Bonchev–Trinajstić information content (AvgIpc) is 3.19. The number of halogens is 1. The third kappa shape index (κ3) is 5.34. The number of carbonyl (C=O) groups excluding carboxylic acids is 1. The summed E-state index contributed by atoms with van der Waals surface area (Å²) in [6.45, 7) is 6.58. The van der Waals surface area contributed by atoms with Crippen molar-refractivity contribution in [1.29, 1.82) is 0 Å². The van der Waals surface area contributed by atoms with Crippen molar-refractivity contribution in [2.24, 2.45) is 0 Å².